The van der Waals surface area contributed by atoms with Gasteiger partial charge >= 0.3 is 5.97 Å². The van der Waals surface area contributed by atoms with Crippen molar-refractivity contribution in [1.29, 1.82) is 0 Å². The molecule has 1 aliphatic heterocycles. The number of aliphatic hydroxyl groups excluding tert-OH is 1. The van der Waals surface area contributed by atoms with Crippen LogP contribution in [0.15, 0.2) is 18.2 Å². The number of rotatable bonds is 6. The number of β-amino-alcohol motifs (C(OH)–C–C–N with tert-alkyl or cyclic N) is 1. The Morgan fingerprint density at radius 1 is 1.31 bits per heavy atom. The number of aryl methyl sites for hydroxylation is 1. The minimum absolute atomic E-state index is 0.00590. The highest BCUT2D eigenvalue weighted by molar-refractivity contribution is 5.72. The third-order valence-corrected chi connectivity index (χ3v) is 5.06. The second kappa shape index (κ2) is 8.87. The highest BCUT2D eigenvalue weighted by Gasteiger charge is 2.26. The van der Waals surface area contributed by atoms with Crippen molar-refractivity contribution in [2.75, 3.05) is 33.4 Å². The Morgan fingerprint density at radius 2 is 1.96 bits per heavy atom. The molecule has 1 aromatic carbocycles. The smallest absolute Gasteiger partial charge is 0.308 e. The average molecular weight is 363 g/mol. The highest BCUT2D eigenvalue weighted by atomic mass is 16.5. The Labute approximate surface area is 157 Å². The second-order valence-corrected chi connectivity index (χ2v) is 8.29. The number of carbonyl (C=O) groups excluding carboxylic acids is 1. The number of aliphatic hydroxyl groups is 1. The van der Waals surface area contributed by atoms with E-state index < -0.39 is 6.10 Å². The van der Waals surface area contributed by atoms with Gasteiger partial charge in [0.15, 0.2) is 0 Å². The summed E-state index contributed by atoms with van der Waals surface area (Å²) in [6.45, 7) is 11.0. The van der Waals surface area contributed by atoms with Gasteiger partial charge in [-0.3, -0.25) is 4.79 Å². The van der Waals surface area contributed by atoms with Crippen molar-refractivity contribution in [2.24, 2.45) is 5.92 Å². The lowest BCUT2D eigenvalue weighted by Crippen LogP contribution is -2.42. The molecule has 0 aliphatic carbocycles. The van der Waals surface area contributed by atoms with E-state index in [4.69, 9.17) is 9.47 Å². The van der Waals surface area contributed by atoms with Crippen LogP contribution in [-0.2, 0) is 14.9 Å². The standard InChI is InChI=1S/C21H33NO4/c1-15-12-17(21(2,3)4)6-7-19(15)26-14-18(23)13-22-10-8-16(9-11-22)20(24)25-5/h6-7,12,16,18,23H,8-11,13-14H2,1-5H3/t18-/m1/s1. The van der Waals surface area contributed by atoms with E-state index in [1.54, 1.807) is 0 Å². The number of likely N-dealkylation sites (tertiary alicyclic amines) is 1. The average Bonchev–Trinajstić information content (AvgIpc) is 2.59. The summed E-state index contributed by atoms with van der Waals surface area (Å²) < 4.78 is 10.6. The molecular formula is C21H33NO4. The van der Waals surface area contributed by atoms with Crippen LogP contribution in [0, 0.1) is 12.8 Å². The van der Waals surface area contributed by atoms with E-state index in [0.717, 1.165) is 37.2 Å². The number of hydrogen-bond donors (Lipinski definition) is 1. The van der Waals surface area contributed by atoms with Crippen LogP contribution in [0.5, 0.6) is 5.75 Å². The molecule has 1 saturated heterocycles. The van der Waals surface area contributed by atoms with Crippen molar-refractivity contribution in [3.05, 3.63) is 29.3 Å². The van der Waals surface area contributed by atoms with Gasteiger partial charge in [-0.15, -0.1) is 0 Å². The SMILES string of the molecule is COC(=O)C1CCN(C[C@@H](O)COc2ccc(C(C)(C)C)cc2C)CC1. The molecule has 0 bridgehead atoms. The van der Waals surface area contributed by atoms with Gasteiger partial charge in [0.1, 0.15) is 18.5 Å². The third kappa shape index (κ3) is 5.71. The van der Waals surface area contributed by atoms with Crippen LogP contribution in [0.3, 0.4) is 0 Å². The lowest BCUT2D eigenvalue weighted by atomic mass is 9.86. The zero-order chi connectivity index (χ0) is 19.3. The zero-order valence-electron chi connectivity index (χ0n) is 16.7. The number of ether oxygens (including phenoxy) is 2. The normalized spacial score (nSPS) is 17.8. The predicted octanol–water partition coefficient (Wildman–Crippen LogP) is 2.92. The van der Waals surface area contributed by atoms with Gasteiger partial charge in [-0.25, -0.2) is 0 Å². The first-order valence-corrected chi connectivity index (χ1v) is 9.43. The molecule has 5 heteroatoms. The molecule has 1 fully saturated rings. The van der Waals surface area contributed by atoms with E-state index in [1.807, 2.05) is 13.0 Å². The molecule has 0 aromatic heterocycles. The van der Waals surface area contributed by atoms with Crippen LogP contribution in [0.2, 0.25) is 0 Å². The van der Waals surface area contributed by atoms with E-state index in [1.165, 1.54) is 12.7 Å². The Hall–Kier alpha value is -1.59. The molecule has 1 N–H and O–H groups in total. The van der Waals surface area contributed by atoms with Crippen molar-refractivity contribution in [3.8, 4) is 5.75 Å². The maximum absolute atomic E-state index is 11.6. The molecule has 0 radical (unpaired) electrons. The molecule has 0 spiro atoms. The van der Waals surface area contributed by atoms with Crippen molar-refractivity contribution < 1.29 is 19.4 Å². The Balaban J connectivity index is 1.79. The number of esters is 1. The number of carbonyl (C=O) groups is 1. The summed E-state index contributed by atoms with van der Waals surface area (Å²) >= 11 is 0. The zero-order valence-corrected chi connectivity index (χ0v) is 16.7. The molecule has 0 unspecified atom stereocenters. The number of hydrogen-bond acceptors (Lipinski definition) is 5. The molecule has 146 valence electrons. The summed E-state index contributed by atoms with van der Waals surface area (Å²) in [6, 6.07) is 6.23. The van der Waals surface area contributed by atoms with Gasteiger partial charge in [0.25, 0.3) is 0 Å². The van der Waals surface area contributed by atoms with Crippen molar-refractivity contribution >= 4 is 5.97 Å². The monoisotopic (exact) mass is 363 g/mol. The summed E-state index contributed by atoms with van der Waals surface area (Å²) in [5.74, 6) is 0.692. The van der Waals surface area contributed by atoms with Crippen LogP contribution >= 0.6 is 0 Å². The first-order chi connectivity index (χ1) is 12.2. The molecule has 1 aromatic rings. The first-order valence-electron chi connectivity index (χ1n) is 9.43. The van der Waals surface area contributed by atoms with Crippen molar-refractivity contribution in [1.82, 2.24) is 4.90 Å². The van der Waals surface area contributed by atoms with Gasteiger partial charge in [-0.05, 0) is 55.5 Å². The molecule has 2 rings (SSSR count). The van der Waals surface area contributed by atoms with E-state index in [9.17, 15) is 9.90 Å². The summed E-state index contributed by atoms with van der Waals surface area (Å²) in [5, 5.41) is 10.3. The van der Waals surface area contributed by atoms with Gasteiger partial charge in [0.05, 0.1) is 13.0 Å². The number of benzene rings is 1. The Morgan fingerprint density at radius 3 is 2.50 bits per heavy atom. The Bertz CT molecular complexity index is 601. The van der Waals surface area contributed by atoms with Gasteiger partial charge in [-0.1, -0.05) is 32.9 Å². The van der Waals surface area contributed by atoms with Gasteiger partial charge < -0.3 is 19.5 Å². The lowest BCUT2D eigenvalue weighted by Gasteiger charge is -2.31. The molecular weight excluding hydrogens is 330 g/mol. The molecule has 5 nitrogen and oxygen atoms in total. The molecule has 1 atom stereocenters. The maximum atomic E-state index is 11.6. The van der Waals surface area contributed by atoms with Crippen molar-refractivity contribution in [2.45, 2.75) is 52.1 Å². The van der Waals surface area contributed by atoms with Gasteiger partial charge in [-0.2, -0.15) is 0 Å². The molecule has 0 saturated carbocycles. The Kier molecular flexibility index (Phi) is 7.07. The summed E-state index contributed by atoms with van der Waals surface area (Å²) in [4.78, 5) is 13.7. The maximum Gasteiger partial charge on any atom is 0.308 e. The van der Waals surface area contributed by atoms with Gasteiger partial charge in [0, 0.05) is 6.54 Å². The molecule has 1 heterocycles. The van der Waals surface area contributed by atoms with Crippen LogP contribution in [0.4, 0.5) is 0 Å². The van der Waals surface area contributed by atoms with E-state index in [0.29, 0.717) is 6.54 Å². The molecule has 1 aliphatic rings. The highest BCUT2D eigenvalue weighted by Crippen LogP contribution is 2.27. The van der Waals surface area contributed by atoms with Crippen LogP contribution in [0.1, 0.15) is 44.7 Å². The fourth-order valence-corrected chi connectivity index (χ4v) is 3.33. The third-order valence-electron chi connectivity index (χ3n) is 5.06. The van der Waals surface area contributed by atoms with Crippen LogP contribution in [-0.4, -0.2) is 55.4 Å². The van der Waals surface area contributed by atoms with E-state index in [-0.39, 0.29) is 23.9 Å². The number of nitrogens with zero attached hydrogens (tertiary/aromatic N) is 1. The quantitative estimate of drug-likeness (QED) is 0.788. The fraction of sp³-hybridized carbons (Fsp3) is 0.667. The summed E-state index contributed by atoms with van der Waals surface area (Å²) in [6.07, 6.45) is 1.02. The molecule has 0 amide bonds. The number of piperidine rings is 1. The number of methoxy groups -OCH3 is 1. The topological polar surface area (TPSA) is 59.0 Å². The van der Waals surface area contributed by atoms with Crippen molar-refractivity contribution in [3.63, 3.8) is 0 Å². The second-order valence-electron chi connectivity index (χ2n) is 8.29. The van der Waals surface area contributed by atoms with E-state index in [2.05, 4.69) is 37.8 Å². The largest absolute Gasteiger partial charge is 0.491 e. The first kappa shape index (κ1) is 20.7. The minimum Gasteiger partial charge on any atom is -0.491 e. The predicted molar refractivity (Wildman–Crippen MR) is 103 cm³/mol. The fourth-order valence-electron chi connectivity index (χ4n) is 3.33. The van der Waals surface area contributed by atoms with Crippen LogP contribution < -0.4 is 4.74 Å². The lowest BCUT2D eigenvalue weighted by molar-refractivity contribution is -0.147. The molecule has 26 heavy (non-hydrogen) atoms. The summed E-state index contributed by atoms with van der Waals surface area (Å²) in [5.41, 5.74) is 2.47. The summed E-state index contributed by atoms with van der Waals surface area (Å²) in [7, 11) is 1.44. The van der Waals surface area contributed by atoms with Crippen LogP contribution in [0.25, 0.3) is 0 Å². The van der Waals surface area contributed by atoms with E-state index >= 15 is 0 Å². The minimum atomic E-state index is -0.550. The van der Waals surface area contributed by atoms with Gasteiger partial charge in [0.2, 0.25) is 0 Å².